The molecule has 0 aliphatic carbocycles. The van der Waals surface area contributed by atoms with Crippen LogP contribution in [0.1, 0.15) is 10.4 Å². The Kier molecular flexibility index (Phi) is 6.03. The van der Waals surface area contributed by atoms with Gasteiger partial charge in [0.05, 0.1) is 5.75 Å². The van der Waals surface area contributed by atoms with Gasteiger partial charge in [-0.25, -0.2) is 8.42 Å². The Labute approximate surface area is 180 Å². The topological polar surface area (TPSA) is 88.2 Å². The lowest BCUT2D eigenvalue weighted by molar-refractivity contribution is 0.0955. The number of ether oxygens (including phenoxy) is 2. The van der Waals surface area contributed by atoms with Crippen LogP contribution in [0.5, 0.6) is 11.5 Å². The fourth-order valence-corrected chi connectivity index (χ4v) is 4.90. The van der Waals surface area contributed by atoms with E-state index in [2.05, 4.69) is 10.2 Å². The molecule has 10 heteroatoms. The van der Waals surface area contributed by atoms with Gasteiger partial charge in [-0.2, -0.15) is 4.31 Å². The predicted molar refractivity (Wildman–Crippen MR) is 114 cm³/mol. The van der Waals surface area contributed by atoms with Crippen molar-refractivity contribution in [2.45, 2.75) is 0 Å². The van der Waals surface area contributed by atoms with E-state index in [9.17, 15) is 13.2 Å². The number of nitrogens with one attached hydrogen (secondary N) is 1. The average Bonchev–Trinajstić information content (AvgIpc) is 3.22. The second-order valence-electron chi connectivity index (χ2n) is 7.00. The summed E-state index contributed by atoms with van der Waals surface area (Å²) in [5.74, 6) is 0.598. The quantitative estimate of drug-likeness (QED) is 0.722. The molecule has 30 heavy (non-hydrogen) atoms. The number of anilines is 1. The van der Waals surface area contributed by atoms with Gasteiger partial charge in [-0.1, -0.05) is 11.6 Å². The molecular weight excluding hydrogens is 430 g/mol. The first kappa shape index (κ1) is 20.8. The minimum Gasteiger partial charge on any atom is -0.454 e. The Morgan fingerprint density at radius 1 is 1.00 bits per heavy atom. The van der Waals surface area contributed by atoms with E-state index in [0.29, 0.717) is 48.3 Å². The van der Waals surface area contributed by atoms with Crippen LogP contribution in [0.3, 0.4) is 0 Å². The molecule has 1 fully saturated rings. The largest absolute Gasteiger partial charge is 0.454 e. The number of benzene rings is 2. The first-order chi connectivity index (χ1) is 14.4. The third-order valence-electron chi connectivity index (χ3n) is 5.10. The number of piperazine rings is 1. The average molecular weight is 452 g/mol. The third-order valence-corrected chi connectivity index (χ3v) is 7.23. The van der Waals surface area contributed by atoms with Gasteiger partial charge in [0.2, 0.25) is 16.8 Å². The molecule has 160 valence electrons. The van der Waals surface area contributed by atoms with Crippen LogP contribution >= 0.6 is 11.6 Å². The number of halogens is 1. The number of rotatable bonds is 6. The van der Waals surface area contributed by atoms with E-state index >= 15 is 0 Å². The lowest BCUT2D eigenvalue weighted by atomic mass is 10.2. The summed E-state index contributed by atoms with van der Waals surface area (Å²) in [7, 11) is -3.46. The van der Waals surface area contributed by atoms with Gasteiger partial charge in [0, 0.05) is 49.0 Å². The zero-order valence-corrected chi connectivity index (χ0v) is 17.8. The van der Waals surface area contributed by atoms with Crippen LogP contribution in [0.25, 0.3) is 0 Å². The van der Waals surface area contributed by atoms with Crippen LogP contribution < -0.4 is 19.7 Å². The van der Waals surface area contributed by atoms with Gasteiger partial charge >= 0.3 is 0 Å². The van der Waals surface area contributed by atoms with Crippen molar-refractivity contribution in [3.8, 4) is 11.5 Å². The van der Waals surface area contributed by atoms with Gasteiger partial charge in [-0.05, 0) is 42.5 Å². The Balaban J connectivity index is 1.26. The van der Waals surface area contributed by atoms with E-state index in [1.165, 1.54) is 4.31 Å². The Bertz CT molecular complexity index is 1020. The number of carbonyl (C=O) groups excluding carboxylic acids is 1. The number of hydrogen-bond donors (Lipinski definition) is 1. The van der Waals surface area contributed by atoms with Gasteiger partial charge in [0.1, 0.15) is 0 Å². The molecular formula is C20H22ClN3O5S. The molecule has 4 rings (SSSR count). The molecule has 0 unspecified atom stereocenters. The zero-order valence-electron chi connectivity index (χ0n) is 16.2. The van der Waals surface area contributed by atoms with E-state index in [1.54, 1.807) is 18.2 Å². The standard InChI is InChI=1S/C20H22ClN3O5S/c21-16-2-4-17(5-3-16)23-8-10-24(11-9-23)30(26,27)12-7-22-20(25)15-1-6-18-19(13-15)29-14-28-18/h1-6,13H,7-12,14H2,(H,22,25). The highest BCUT2D eigenvalue weighted by atomic mass is 35.5. The second-order valence-corrected chi connectivity index (χ2v) is 9.53. The molecule has 1 N–H and O–H groups in total. The summed E-state index contributed by atoms with van der Waals surface area (Å²) in [6.07, 6.45) is 0. The summed E-state index contributed by atoms with van der Waals surface area (Å²) in [4.78, 5) is 14.4. The lowest BCUT2D eigenvalue weighted by Gasteiger charge is -2.35. The van der Waals surface area contributed by atoms with Crippen LogP contribution in [0.15, 0.2) is 42.5 Å². The highest BCUT2D eigenvalue weighted by Crippen LogP contribution is 2.32. The Morgan fingerprint density at radius 2 is 1.70 bits per heavy atom. The maximum absolute atomic E-state index is 12.6. The molecule has 2 heterocycles. The number of hydrogen-bond acceptors (Lipinski definition) is 6. The van der Waals surface area contributed by atoms with Crippen molar-refractivity contribution >= 4 is 33.2 Å². The van der Waals surface area contributed by atoms with Crippen LogP contribution in [0, 0.1) is 0 Å². The van der Waals surface area contributed by atoms with Crippen LogP contribution in [0.4, 0.5) is 5.69 Å². The summed E-state index contributed by atoms with van der Waals surface area (Å²) < 4.78 is 37.2. The fraction of sp³-hybridized carbons (Fsp3) is 0.350. The summed E-state index contributed by atoms with van der Waals surface area (Å²) in [5, 5.41) is 3.33. The van der Waals surface area contributed by atoms with Crippen LogP contribution in [-0.4, -0.2) is 63.9 Å². The lowest BCUT2D eigenvalue weighted by Crippen LogP contribution is -2.50. The van der Waals surface area contributed by atoms with Crippen LogP contribution in [0.2, 0.25) is 5.02 Å². The fourth-order valence-electron chi connectivity index (χ4n) is 3.44. The molecule has 0 radical (unpaired) electrons. The molecule has 0 saturated carbocycles. The number of fused-ring (bicyclic) bond motifs is 1. The Morgan fingerprint density at radius 3 is 2.43 bits per heavy atom. The molecule has 0 atom stereocenters. The summed E-state index contributed by atoms with van der Waals surface area (Å²) in [5.41, 5.74) is 1.42. The first-order valence-electron chi connectivity index (χ1n) is 9.58. The molecule has 2 aromatic rings. The minimum atomic E-state index is -3.46. The monoisotopic (exact) mass is 451 g/mol. The van der Waals surface area contributed by atoms with E-state index in [4.69, 9.17) is 21.1 Å². The van der Waals surface area contributed by atoms with Crippen molar-refractivity contribution < 1.29 is 22.7 Å². The number of amides is 1. The van der Waals surface area contributed by atoms with Crippen molar-refractivity contribution in [2.24, 2.45) is 0 Å². The van der Waals surface area contributed by atoms with Gasteiger partial charge in [0.25, 0.3) is 5.91 Å². The summed E-state index contributed by atoms with van der Waals surface area (Å²) in [6.45, 7) is 2.17. The van der Waals surface area contributed by atoms with E-state index in [-0.39, 0.29) is 25.0 Å². The van der Waals surface area contributed by atoms with Gasteiger partial charge in [-0.3, -0.25) is 4.79 Å². The molecule has 0 spiro atoms. The molecule has 2 aliphatic heterocycles. The SMILES string of the molecule is O=C(NCCS(=O)(=O)N1CCN(c2ccc(Cl)cc2)CC1)c1ccc2c(c1)OCO2. The number of sulfonamides is 1. The number of carbonyl (C=O) groups is 1. The highest BCUT2D eigenvalue weighted by molar-refractivity contribution is 7.89. The van der Waals surface area contributed by atoms with E-state index in [0.717, 1.165) is 5.69 Å². The van der Waals surface area contributed by atoms with Crippen molar-refractivity contribution in [2.75, 3.05) is 50.2 Å². The molecule has 2 aromatic carbocycles. The smallest absolute Gasteiger partial charge is 0.251 e. The van der Waals surface area contributed by atoms with E-state index < -0.39 is 10.0 Å². The predicted octanol–water partition coefficient (Wildman–Crippen LogP) is 1.95. The zero-order chi connectivity index (χ0) is 21.1. The second kappa shape index (κ2) is 8.71. The van der Waals surface area contributed by atoms with Crippen LogP contribution in [-0.2, 0) is 10.0 Å². The van der Waals surface area contributed by atoms with Crippen molar-refractivity contribution in [1.82, 2.24) is 9.62 Å². The molecule has 1 amide bonds. The first-order valence-corrected chi connectivity index (χ1v) is 11.6. The van der Waals surface area contributed by atoms with Crippen molar-refractivity contribution in [3.63, 3.8) is 0 Å². The van der Waals surface area contributed by atoms with Gasteiger partial charge < -0.3 is 19.7 Å². The molecule has 8 nitrogen and oxygen atoms in total. The highest BCUT2D eigenvalue weighted by Gasteiger charge is 2.27. The Hall–Kier alpha value is -2.49. The third kappa shape index (κ3) is 4.63. The minimum absolute atomic E-state index is 0.0347. The van der Waals surface area contributed by atoms with Crippen molar-refractivity contribution in [1.29, 1.82) is 0 Å². The van der Waals surface area contributed by atoms with Crippen molar-refractivity contribution in [3.05, 3.63) is 53.1 Å². The van der Waals surface area contributed by atoms with E-state index in [1.807, 2.05) is 24.3 Å². The normalized spacial score (nSPS) is 16.5. The summed E-state index contributed by atoms with van der Waals surface area (Å²) >= 11 is 5.92. The van der Waals surface area contributed by atoms with Gasteiger partial charge in [0.15, 0.2) is 11.5 Å². The summed E-state index contributed by atoms with van der Waals surface area (Å²) in [6, 6.07) is 12.4. The number of nitrogens with zero attached hydrogens (tertiary/aromatic N) is 2. The molecule has 0 bridgehead atoms. The maximum Gasteiger partial charge on any atom is 0.251 e. The van der Waals surface area contributed by atoms with Gasteiger partial charge in [-0.15, -0.1) is 0 Å². The maximum atomic E-state index is 12.6. The molecule has 1 saturated heterocycles. The molecule has 2 aliphatic rings. The molecule has 0 aromatic heterocycles.